The quantitative estimate of drug-likeness (QED) is 0.802. The van der Waals surface area contributed by atoms with E-state index in [-0.39, 0.29) is 24.7 Å². The Kier molecular flexibility index (Phi) is 5.15. The highest BCUT2D eigenvalue weighted by Gasteiger charge is 2.12. The monoisotopic (exact) mass is 299 g/mol. The second-order valence-corrected chi connectivity index (χ2v) is 4.42. The number of hydrogen-bond acceptors (Lipinski definition) is 3. The number of anilines is 1. The molecule has 1 aromatic rings. The van der Waals surface area contributed by atoms with Gasteiger partial charge in [-0.25, -0.2) is 0 Å². The molecular weight excluding hydrogens is 286 g/mol. The van der Waals surface area contributed by atoms with E-state index in [0.717, 1.165) is 10.2 Å². The third-order valence-electron chi connectivity index (χ3n) is 2.36. The largest absolute Gasteiger partial charge is 0.469 e. The van der Waals surface area contributed by atoms with Gasteiger partial charge in [0.15, 0.2) is 0 Å². The summed E-state index contributed by atoms with van der Waals surface area (Å²) < 4.78 is 5.44. The Hall–Kier alpha value is -1.36. The zero-order valence-corrected chi connectivity index (χ0v) is 11.4. The van der Waals surface area contributed by atoms with Crippen molar-refractivity contribution in [3.63, 3.8) is 0 Å². The first-order valence-corrected chi connectivity index (χ1v) is 5.93. The maximum absolute atomic E-state index is 11.8. The predicted molar refractivity (Wildman–Crippen MR) is 68.8 cm³/mol. The number of carbonyl (C=O) groups is 2. The molecule has 0 aliphatic heterocycles. The molecule has 1 rings (SSSR count). The lowest BCUT2D eigenvalue weighted by atomic mass is 10.2. The van der Waals surface area contributed by atoms with Gasteiger partial charge in [-0.3, -0.25) is 9.59 Å². The number of hydrogen-bond donors (Lipinski definition) is 0. The predicted octanol–water partition coefficient (Wildman–Crippen LogP) is 2.37. The number of esters is 1. The third kappa shape index (κ3) is 4.19. The lowest BCUT2D eigenvalue weighted by Crippen LogP contribution is -2.26. The molecule has 92 valence electrons. The molecule has 17 heavy (non-hydrogen) atoms. The molecule has 0 aromatic heterocycles. The van der Waals surface area contributed by atoms with E-state index in [4.69, 9.17) is 0 Å². The van der Waals surface area contributed by atoms with Gasteiger partial charge in [0, 0.05) is 23.6 Å². The normalized spacial score (nSPS) is 9.82. The van der Waals surface area contributed by atoms with Crippen molar-refractivity contribution in [1.82, 2.24) is 0 Å². The summed E-state index contributed by atoms with van der Waals surface area (Å²) in [6.45, 7) is 0. The number of methoxy groups -OCH3 is 1. The van der Waals surface area contributed by atoms with Crippen LogP contribution in [0.15, 0.2) is 28.7 Å². The van der Waals surface area contributed by atoms with E-state index >= 15 is 0 Å². The van der Waals surface area contributed by atoms with Gasteiger partial charge < -0.3 is 9.64 Å². The average Bonchev–Trinajstić information content (AvgIpc) is 2.35. The molecule has 0 atom stereocenters. The van der Waals surface area contributed by atoms with Crippen molar-refractivity contribution in [3.05, 3.63) is 28.7 Å². The van der Waals surface area contributed by atoms with Crippen LogP contribution in [0.3, 0.4) is 0 Å². The number of halogens is 1. The first kappa shape index (κ1) is 13.7. The number of nitrogens with zero attached hydrogens (tertiary/aromatic N) is 1. The molecular formula is C12H14BrNO3. The Morgan fingerprint density at radius 2 is 1.82 bits per heavy atom. The molecule has 0 bridgehead atoms. The first-order valence-electron chi connectivity index (χ1n) is 5.13. The summed E-state index contributed by atoms with van der Waals surface area (Å²) in [6, 6.07) is 7.39. The van der Waals surface area contributed by atoms with Crippen molar-refractivity contribution in [2.24, 2.45) is 0 Å². The van der Waals surface area contributed by atoms with Crippen LogP contribution < -0.4 is 4.90 Å². The van der Waals surface area contributed by atoms with Gasteiger partial charge in [-0.05, 0) is 24.3 Å². The first-order chi connectivity index (χ1) is 8.04. The van der Waals surface area contributed by atoms with Gasteiger partial charge in [-0.15, -0.1) is 0 Å². The van der Waals surface area contributed by atoms with Gasteiger partial charge in [-0.2, -0.15) is 0 Å². The second-order valence-electron chi connectivity index (χ2n) is 3.51. The Morgan fingerprint density at radius 3 is 2.35 bits per heavy atom. The van der Waals surface area contributed by atoms with Crippen molar-refractivity contribution in [3.8, 4) is 0 Å². The van der Waals surface area contributed by atoms with Crippen LogP contribution in [-0.2, 0) is 14.3 Å². The van der Waals surface area contributed by atoms with Crippen LogP contribution in [0.1, 0.15) is 12.8 Å². The molecule has 4 nitrogen and oxygen atoms in total. The zero-order chi connectivity index (χ0) is 12.8. The summed E-state index contributed by atoms with van der Waals surface area (Å²) in [5, 5.41) is 0. The van der Waals surface area contributed by atoms with Crippen LogP contribution in [0.2, 0.25) is 0 Å². The van der Waals surface area contributed by atoms with E-state index in [2.05, 4.69) is 20.7 Å². The van der Waals surface area contributed by atoms with E-state index in [9.17, 15) is 9.59 Å². The average molecular weight is 300 g/mol. The van der Waals surface area contributed by atoms with E-state index in [1.807, 2.05) is 24.3 Å². The van der Waals surface area contributed by atoms with E-state index in [0.29, 0.717) is 0 Å². The Balaban J connectivity index is 2.57. The molecule has 0 heterocycles. The highest BCUT2D eigenvalue weighted by Crippen LogP contribution is 2.18. The fraction of sp³-hybridized carbons (Fsp3) is 0.333. The maximum Gasteiger partial charge on any atom is 0.306 e. The van der Waals surface area contributed by atoms with Crippen molar-refractivity contribution in [2.45, 2.75) is 12.8 Å². The molecule has 1 amide bonds. The van der Waals surface area contributed by atoms with Crippen molar-refractivity contribution < 1.29 is 14.3 Å². The summed E-state index contributed by atoms with van der Waals surface area (Å²) in [7, 11) is 2.99. The van der Waals surface area contributed by atoms with E-state index in [1.54, 1.807) is 7.05 Å². The summed E-state index contributed by atoms with van der Waals surface area (Å²) >= 11 is 3.33. The second kappa shape index (κ2) is 6.39. The minimum Gasteiger partial charge on any atom is -0.469 e. The number of rotatable bonds is 4. The fourth-order valence-corrected chi connectivity index (χ4v) is 1.55. The minimum atomic E-state index is -0.373. The molecule has 0 spiro atoms. The van der Waals surface area contributed by atoms with E-state index in [1.165, 1.54) is 12.0 Å². The molecule has 5 heteroatoms. The Bertz CT molecular complexity index is 403. The molecule has 0 aliphatic carbocycles. The molecule has 0 fully saturated rings. The molecule has 0 radical (unpaired) electrons. The van der Waals surface area contributed by atoms with Crippen molar-refractivity contribution in [2.75, 3.05) is 19.1 Å². The summed E-state index contributed by atoms with van der Waals surface area (Å²) in [5.41, 5.74) is 0.795. The third-order valence-corrected chi connectivity index (χ3v) is 2.89. The van der Waals surface area contributed by atoms with Gasteiger partial charge in [0.2, 0.25) is 5.91 Å². The number of benzene rings is 1. The molecule has 0 unspecified atom stereocenters. The van der Waals surface area contributed by atoms with Gasteiger partial charge in [0.05, 0.1) is 13.5 Å². The maximum atomic E-state index is 11.8. The number of ether oxygens (including phenoxy) is 1. The van der Waals surface area contributed by atoms with Crippen molar-refractivity contribution in [1.29, 1.82) is 0 Å². The number of amides is 1. The highest BCUT2D eigenvalue weighted by molar-refractivity contribution is 9.10. The summed E-state index contributed by atoms with van der Waals surface area (Å²) in [6.07, 6.45) is 0.259. The van der Waals surface area contributed by atoms with Crippen LogP contribution in [0, 0.1) is 0 Å². The van der Waals surface area contributed by atoms with Crippen LogP contribution in [0.25, 0.3) is 0 Å². The summed E-state index contributed by atoms with van der Waals surface area (Å²) in [4.78, 5) is 24.2. The zero-order valence-electron chi connectivity index (χ0n) is 9.77. The van der Waals surface area contributed by atoms with E-state index < -0.39 is 0 Å². The minimum absolute atomic E-state index is 0.107. The molecule has 0 aliphatic rings. The Morgan fingerprint density at radius 1 is 1.24 bits per heavy atom. The lowest BCUT2D eigenvalue weighted by Gasteiger charge is -2.17. The fourth-order valence-electron chi connectivity index (χ4n) is 1.29. The van der Waals surface area contributed by atoms with Gasteiger partial charge in [0.1, 0.15) is 0 Å². The lowest BCUT2D eigenvalue weighted by molar-refractivity contribution is -0.141. The van der Waals surface area contributed by atoms with Gasteiger partial charge in [0.25, 0.3) is 0 Å². The topological polar surface area (TPSA) is 46.6 Å². The summed E-state index contributed by atoms with van der Waals surface area (Å²) in [5.74, 6) is -0.486. The Labute approximate surface area is 109 Å². The highest BCUT2D eigenvalue weighted by atomic mass is 79.9. The molecule has 0 N–H and O–H groups in total. The van der Waals surface area contributed by atoms with Crippen LogP contribution in [-0.4, -0.2) is 26.0 Å². The van der Waals surface area contributed by atoms with Crippen molar-refractivity contribution >= 4 is 33.5 Å². The van der Waals surface area contributed by atoms with Crippen LogP contribution in [0.4, 0.5) is 5.69 Å². The molecule has 0 saturated carbocycles. The molecule has 1 aromatic carbocycles. The smallest absolute Gasteiger partial charge is 0.306 e. The standard InChI is InChI=1S/C12H14BrNO3/c1-14(10-5-3-9(13)4-6-10)11(15)7-8-12(16)17-2/h3-6H,7-8H2,1-2H3. The molecule has 0 saturated heterocycles. The SMILES string of the molecule is COC(=O)CCC(=O)N(C)c1ccc(Br)cc1. The van der Waals surface area contributed by atoms with Gasteiger partial charge >= 0.3 is 5.97 Å². The number of carbonyl (C=O) groups excluding carboxylic acids is 2. The van der Waals surface area contributed by atoms with Gasteiger partial charge in [-0.1, -0.05) is 15.9 Å². The van der Waals surface area contributed by atoms with Crippen LogP contribution in [0.5, 0.6) is 0 Å². The van der Waals surface area contributed by atoms with Crippen LogP contribution >= 0.6 is 15.9 Å².